The van der Waals surface area contributed by atoms with Gasteiger partial charge in [0, 0.05) is 11.1 Å². The smallest absolute Gasteiger partial charge is 0.246 e. The number of carbonyl (C=O) groups excluding carboxylic acids is 2. The maximum absolute atomic E-state index is 12.7. The standard InChI is InChI=1S/C15H23N3O2S/c1-5-13-14(19)17-12(6-9(2)3)15(20)18(13)8-11-7-16-10(4)21-11/h7,9,12-13H,5-6,8H2,1-4H3,(H,17,19). The molecule has 0 aliphatic carbocycles. The second-order valence-corrected chi connectivity index (χ2v) is 7.25. The molecule has 1 saturated heterocycles. The average molecular weight is 309 g/mol. The number of aryl methyl sites for hydroxylation is 1. The highest BCUT2D eigenvalue weighted by Crippen LogP contribution is 2.22. The molecule has 2 rings (SSSR count). The maximum atomic E-state index is 12.7. The number of carbonyl (C=O) groups is 2. The van der Waals surface area contributed by atoms with E-state index in [2.05, 4.69) is 24.1 Å². The first-order valence-electron chi connectivity index (χ1n) is 7.44. The summed E-state index contributed by atoms with van der Waals surface area (Å²) in [5, 5.41) is 3.85. The lowest BCUT2D eigenvalue weighted by Crippen LogP contribution is -2.62. The molecule has 1 N–H and O–H groups in total. The van der Waals surface area contributed by atoms with E-state index in [4.69, 9.17) is 0 Å². The van der Waals surface area contributed by atoms with Crippen molar-refractivity contribution < 1.29 is 9.59 Å². The molecule has 0 aromatic carbocycles. The molecular weight excluding hydrogens is 286 g/mol. The Bertz CT molecular complexity index is 527. The van der Waals surface area contributed by atoms with Crippen molar-refractivity contribution in [1.82, 2.24) is 15.2 Å². The minimum absolute atomic E-state index is 0.0289. The van der Waals surface area contributed by atoms with Crippen LogP contribution < -0.4 is 5.32 Å². The Balaban J connectivity index is 2.19. The number of nitrogens with one attached hydrogen (secondary N) is 1. The molecule has 0 saturated carbocycles. The van der Waals surface area contributed by atoms with Crippen LogP contribution in [0.25, 0.3) is 0 Å². The summed E-state index contributed by atoms with van der Waals surface area (Å²) in [5.41, 5.74) is 0. The van der Waals surface area contributed by atoms with Crippen molar-refractivity contribution in [1.29, 1.82) is 0 Å². The molecule has 1 aromatic heterocycles. The molecule has 116 valence electrons. The Labute approximate surface area is 129 Å². The number of thiazole rings is 1. The van der Waals surface area contributed by atoms with Gasteiger partial charge in [0.15, 0.2) is 0 Å². The van der Waals surface area contributed by atoms with Crippen molar-refractivity contribution >= 4 is 23.2 Å². The summed E-state index contributed by atoms with van der Waals surface area (Å²) >= 11 is 1.58. The monoisotopic (exact) mass is 309 g/mol. The fourth-order valence-electron chi connectivity index (χ4n) is 2.70. The van der Waals surface area contributed by atoms with E-state index < -0.39 is 6.04 Å². The Kier molecular flexibility index (Phi) is 4.98. The number of hydrogen-bond donors (Lipinski definition) is 1. The van der Waals surface area contributed by atoms with Gasteiger partial charge in [0.05, 0.1) is 11.6 Å². The average Bonchev–Trinajstić information content (AvgIpc) is 2.80. The SMILES string of the molecule is CCC1C(=O)NC(CC(C)C)C(=O)N1Cc1cnc(C)s1. The Morgan fingerprint density at radius 3 is 2.67 bits per heavy atom. The van der Waals surface area contributed by atoms with E-state index in [-0.39, 0.29) is 17.9 Å². The van der Waals surface area contributed by atoms with Gasteiger partial charge in [-0.1, -0.05) is 20.8 Å². The van der Waals surface area contributed by atoms with Crippen molar-refractivity contribution in [3.63, 3.8) is 0 Å². The highest BCUT2D eigenvalue weighted by atomic mass is 32.1. The fraction of sp³-hybridized carbons (Fsp3) is 0.667. The first kappa shape index (κ1) is 15.9. The quantitative estimate of drug-likeness (QED) is 0.906. The molecule has 1 fully saturated rings. The van der Waals surface area contributed by atoms with Crippen LogP contribution in [0.15, 0.2) is 6.20 Å². The lowest BCUT2D eigenvalue weighted by atomic mass is 9.97. The van der Waals surface area contributed by atoms with Crippen LogP contribution in [-0.2, 0) is 16.1 Å². The van der Waals surface area contributed by atoms with Gasteiger partial charge in [0.25, 0.3) is 0 Å². The van der Waals surface area contributed by atoms with E-state index in [0.29, 0.717) is 25.3 Å². The Morgan fingerprint density at radius 2 is 2.14 bits per heavy atom. The third-order valence-corrected chi connectivity index (χ3v) is 4.56. The topological polar surface area (TPSA) is 62.3 Å². The number of amides is 2. The van der Waals surface area contributed by atoms with Gasteiger partial charge in [-0.15, -0.1) is 11.3 Å². The zero-order chi connectivity index (χ0) is 15.6. The molecule has 5 nitrogen and oxygen atoms in total. The lowest BCUT2D eigenvalue weighted by molar-refractivity contribution is -0.150. The van der Waals surface area contributed by atoms with E-state index >= 15 is 0 Å². The van der Waals surface area contributed by atoms with Gasteiger partial charge in [0.2, 0.25) is 11.8 Å². The molecule has 2 unspecified atom stereocenters. The van der Waals surface area contributed by atoms with E-state index in [1.807, 2.05) is 13.8 Å². The van der Waals surface area contributed by atoms with Crippen LogP contribution in [0.1, 0.15) is 43.5 Å². The van der Waals surface area contributed by atoms with Crippen LogP contribution in [0.3, 0.4) is 0 Å². The largest absolute Gasteiger partial charge is 0.342 e. The highest BCUT2D eigenvalue weighted by molar-refractivity contribution is 7.11. The zero-order valence-corrected chi connectivity index (χ0v) is 13.9. The van der Waals surface area contributed by atoms with Gasteiger partial charge < -0.3 is 10.2 Å². The molecule has 1 aromatic rings. The van der Waals surface area contributed by atoms with Crippen molar-refractivity contribution in [2.45, 2.75) is 59.2 Å². The molecule has 1 aliphatic heterocycles. The molecule has 2 amide bonds. The van der Waals surface area contributed by atoms with Crippen molar-refractivity contribution in [3.8, 4) is 0 Å². The van der Waals surface area contributed by atoms with E-state index in [9.17, 15) is 9.59 Å². The van der Waals surface area contributed by atoms with Crippen LogP contribution >= 0.6 is 11.3 Å². The van der Waals surface area contributed by atoms with Crippen molar-refractivity contribution in [3.05, 3.63) is 16.1 Å². The van der Waals surface area contributed by atoms with Gasteiger partial charge in [-0.2, -0.15) is 0 Å². The predicted molar refractivity (Wildman–Crippen MR) is 82.9 cm³/mol. The third kappa shape index (κ3) is 3.61. The van der Waals surface area contributed by atoms with Crippen LogP contribution in [0, 0.1) is 12.8 Å². The normalized spacial score (nSPS) is 22.8. The summed E-state index contributed by atoms with van der Waals surface area (Å²) in [6.45, 7) is 8.47. The first-order valence-corrected chi connectivity index (χ1v) is 8.26. The van der Waals surface area contributed by atoms with Crippen molar-refractivity contribution in [2.24, 2.45) is 5.92 Å². The van der Waals surface area contributed by atoms with Crippen molar-refractivity contribution in [2.75, 3.05) is 0 Å². The number of nitrogens with zero attached hydrogens (tertiary/aromatic N) is 2. The van der Waals surface area contributed by atoms with Gasteiger partial charge in [0.1, 0.15) is 12.1 Å². The summed E-state index contributed by atoms with van der Waals surface area (Å²) in [7, 11) is 0. The lowest BCUT2D eigenvalue weighted by Gasteiger charge is -2.39. The molecule has 0 spiro atoms. The minimum atomic E-state index is -0.394. The molecule has 2 atom stereocenters. The van der Waals surface area contributed by atoms with Gasteiger partial charge >= 0.3 is 0 Å². The van der Waals surface area contributed by atoms with E-state index in [0.717, 1.165) is 9.88 Å². The van der Waals surface area contributed by atoms with Crippen LogP contribution in [0.5, 0.6) is 0 Å². The summed E-state index contributed by atoms with van der Waals surface area (Å²) in [6, 6.07) is -0.766. The molecular formula is C15H23N3O2S. The molecule has 0 radical (unpaired) electrons. The predicted octanol–water partition coefficient (Wildman–Crippen LogP) is 2.10. The van der Waals surface area contributed by atoms with Gasteiger partial charge in [-0.3, -0.25) is 9.59 Å². The summed E-state index contributed by atoms with van der Waals surface area (Å²) in [4.78, 5) is 31.9. The van der Waals surface area contributed by atoms with Gasteiger partial charge in [-0.25, -0.2) is 4.98 Å². The zero-order valence-electron chi connectivity index (χ0n) is 13.0. The molecule has 6 heteroatoms. The number of aromatic nitrogens is 1. The summed E-state index contributed by atoms with van der Waals surface area (Å²) in [6.07, 6.45) is 3.10. The van der Waals surface area contributed by atoms with E-state index in [1.54, 1.807) is 22.4 Å². The Hall–Kier alpha value is -1.43. The van der Waals surface area contributed by atoms with E-state index in [1.165, 1.54) is 0 Å². The van der Waals surface area contributed by atoms with Crippen LogP contribution in [0.4, 0.5) is 0 Å². The van der Waals surface area contributed by atoms with Crippen LogP contribution in [-0.4, -0.2) is 33.8 Å². The number of hydrogen-bond acceptors (Lipinski definition) is 4. The second-order valence-electron chi connectivity index (χ2n) is 5.93. The first-order chi connectivity index (χ1) is 9.92. The number of piperazine rings is 1. The van der Waals surface area contributed by atoms with Gasteiger partial charge in [-0.05, 0) is 25.7 Å². The third-order valence-electron chi connectivity index (χ3n) is 3.67. The molecule has 1 aliphatic rings. The molecule has 0 bridgehead atoms. The molecule has 2 heterocycles. The molecule has 21 heavy (non-hydrogen) atoms. The second kappa shape index (κ2) is 6.56. The summed E-state index contributed by atoms with van der Waals surface area (Å²) in [5.74, 6) is 0.357. The number of rotatable bonds is 5. The maximum Gasteiger partial charge on any atom is 0.246 e. The highest BCUT2D eigenvalue weighted by Gasteiger charge is 2.39. The minimum Gasteiger partial charge on any atom is -0.342 e. The van der Waals surface area contributed by atoms with Crippen LogP contribution in [0.2, 0.25) is 0 Å². The summed E-state index contributed by atoms with van der Waals surface area (Å²) < 4.78 is 0. The Morgan fingerprint density at radius 1 is 1.43 bits per heavy atom. The fourth-order valence-corrected chi connectivity index (χ4v) is 3.49.